The lowest BCUT2D eigenvalue weighted by atomic mass is 9.98. The molecule has 0 saturated heterocycles. The molecule has 0 amide bonds. The van der Waals surface area contributed by atoms with Gasteiger partial charge < -0.3 is 0 Å². The maximum atomic E-state index is 13.1. The first kappa shape index (κ1) is 21.0. The van der Waals surface area contributed by atoms with Gasteiger partial charge >= 0.3 is 0 Å². The van der Waals surface area contributed by atoms with E-state index in [-0.39, 0.29) is 0 Å². The lowest BCUT2D eigenvalue weighted by molar-refractivity contribution is -0.0688. The molecule has 0 spiro atoms. The number of hydrogen-bond acceptors (Lipinski definition) is 0. The molecule has 0 rings (SSSR count). The van der Waals surface area contributed by atoms with Crippen LogP contribution in [0.25, 0.3) is 0 Å². The second-order valence-corrected chi connectivity index (χ2v) is 5.00. The smallest absolute Gasteiger partial charge is 0.243 e. The molecule has 8 atom stereocenters. The summed E-state index contributed by atoms with van der Waals surface area (Å²) in [6.07, 6.45) is -31.9. The summed E-state index contributed by atoms with van der Waals surface area (Å²) in [7, 11) is 0. The zero-order valence-corrected chi connectivity index (χ0v) is 12.2. The first-order chi connectivity index (χ1) is 9.56. The largest absolute Gasteiger partial charge is 0.272 e. The van der Waals surface area contributed by atoms with Gasteiger partial charge in [-0.05, 0) is 0 Å². The van der Waals surface area contributed by atoms with E-state index in [1.807, 2.05) is 0 Å². The van der Waals surface area contributed by atoms with E-state index in [1.165, 1.54) is 22.6 Å². The third kappa shape index (κ3) is 5.62. The van der Waals surface area contributed by atoms with Crippen molar-refractivity contribution in [3.8, 4) is 0 Å². The van der Waals surface area contributed by atoms with Crippen LogP contribution in [0.5, 0.6) is 0 Å². The van der Waals surface area contributed by atoms with Crippen LogP contribution < -0.4 is 0 Å². The molecular formula is C10H11F10I. The van der Waals surface area contributed by atoms with Crippen LogP contribution >= 0.6 is 22.6 Å². The molecule has 128 valence electrons. The maximum Gasteiger partial charge on any atom is 0.272 e. The van der Waals surface area contributed by atoms with E-state index in [0.29, 0.717) is 0 Å². The molecule has 0 aromatic carbocycles. The van der Waals surface area contributed by atoms with E-state index in [1.54, 1.807) is 0 Å². The molecule has 0 aliphatic carbocycles. The van der Waals surface area contributed by atoms with Gasteiger partial charge in [0.05, 0.1) is 0 Å². The van der Waals surface area contributed by atoms with Gasteiger partial charge in [0.15, 0.2) is 43.2 Å². The standard InChI is InChI=1S/C10H11F10I/c11-2(1-21)3(12)4(13)5(14)6(15)7(16)8(17)9(18)10(19)20/h2-10H,1H2. The molecule has 0 saturated carbocycles. The van der Waals surface area contributed by atoms with Crippen molar-refractivity contribution < 1.29 is 43.9 Å². The van der Waals surface area contributed by atoms with Crippen molar-refractivity contribution in [1.29, 1.82) is 0 Å². The van der Waals surface area contributed by atoms with Gasteiger partial charge in [-0.3, -0.25) is 0 Å². The van der Waals surface area contributed by atoms with E-state index in [9.17, 15) is 43.9 Å². The predicted octanol–water partition coefficient (Wildman–Crippen LogP) is 4.39. The number of hydrogen-bond donors (Lipinski definition) is 0. The Balaban J connectivity index is 4.79. The minimum atomic E-state index is -4.01. The SMILES string of the molecule is FC(F)C(F)C(F)C(F)C(F)C(F)C(F)C(F)C(F)CI. The Kier molecular flexibility index (Phi) is 9.25. The van der Waals surface area contributed by atoms with Crippen molar-refractivity contribution in [1.82, 2.24) is 0 Å². The topological polar surface area (TPSA) is 0 Å². The molecular weight excluding hydrogens is 437 g/mol. The molecule has 0 fully saturated rings. The highest BCUT2D eigenvalue weighted by Gasteiger charge is 2.48. The summed E-state index contributed by atoms with van der Waals surface area (Å²) in [4.78, 5) is 0. The Morgan fingerprint density at radius 1 is 0.476 bits per heavy atom. The Morgan fingerprint density at radius 3 is 1.05 bits per heavy atom. The van der Waals surface area contributed by atoms with Crippen LogP contribution in [0.2, 0.25) is 0 Å². The van der Waals surface area contributed by atoms with Gasteiger partial charge in [0.25, 0.3) is 6.43 Å². The molecule has 0 nitrogen and oxygen atoms in total. The van der Waals surface area contributed by atoms with Gasteiger partial charge in [-0.1, -0.05) is 22.6 Å². The van der Waals surface area contributed by atoms with Crippen LogP contribution in [0.1, 0.15) is 0 Å². The van der Waals surface area contributed by atoms with Crippen molar-refractivity contribution >= 4 is 22.6 Å². The summed E-state index contributed by atoms with van der Waals surface area (Å²) in [6.45, 7) is 0. The molecule has 0 aliphatic rings. The number of rotatable bonds is 9. The molecule has 21 heavy (non-hydrogen) atoms. The lowest BCUT2D eigenvalue weighted by Crippen LogP contribution is -2.47. The lowest BCUT2D eigenvalue weighted by Gasteiger charge is -2.25. The molecule has 0 heterocycles. The molecule has 0 aliphatic heterocycles. The van der Waals surface area contributed by atoms with E-state index >= 15 is 0 Å². The van der Waals surface area contributed by atoms with E-state index in [2.05, 4.69) is 0 Å². The first-order valence-electron chi connectivity index (χ1n) is 5.52. The summed E-state index contributed by atoms with van der Waals surface area (Å²) in [6, 6.07) is 0. The third-order valence-electron chi connectivity index (χ3n) is 2.56. The second kappa shape index (κ2) is 9.23. The third-order valence-corrected chi connectivity index (χ3v) is 3.40. The molecule has 8 unspecified atom stereocenters. The predicted molar refractivity (Wildman–Crippen MR) is 64.1 cm³/mol. The van der Waals surface area contributed by atoms with Crippen molar-refractivity contribution in [2.45, 2.75) is 55.8 Å². The van der Waals surface area contributed by atoms with Gasteiger partial charge in [0.2, 0.25) is 0 Å². The average Bonchev–Trinajstić information content (AvgIpc) is 2.48. The van der Waals surface area contributed by atoms with Gasteiger partial charge in [-0.25, -0.2) is 43.9 Å². The highest BCUT2D eigenvalue weighted by atomic mass is 127. The fourth-order valence-corrected chi connectivity index (χ4v) is 1.79. The van der Waals surface area contributed by atoms with Crippen LogP contribution in [-0.4, -0.2) is 60.2 Å². The van der Waals surface area contributed by atoms with Crippen LogP contribution in [0, 0.1) is 0 Å². The summed E-state index contributed by atoms with van der Waals surface area (Å²) >= 11 is 1.28. The van der Waals surface area contributed by atoms with E-state index in [0.717, 1.165) is 0 Å². The van der Waals surface area contributed by atoms with Gasteiger partial charge in [-0.15, -0.1) is 0 Å². The summed E-state index contributed by atoms with van der Waals surface area (Å²) in [5.41, 5.74) is 0. The van der Waals surface area contributed by atoms with Crippen LogP contribution in [-0.2, 0) is 0 Å². The fraction of sp³-hybridized carbons (Fsp3) is 1.00. The molecule has 0 N–H and O–H groups in total. The summed E-state index contributed by atoms with van der Waals surface area (Å²) in [5, 5.41) is 0. The number of halogens is 11. The minimum Gasteiger partial charge on any atom is -0.243 e. The van der Waals surface area contributed by atoms with Crippen LogP contribution in [0.4, 0.5) is 43.9 Å². The Morgan fingerprint density at radius 2 is 0.762 bits per heavy atom. The highest BCUT2D eigenvalue weighted by molar-refractivity contribution is 14.1. The van der Waals surface area contributed by atoms with Gasteiger partial charge in [0, 0.05) is 4.43 Å². The quantitative estimate of drug-likeness (QED) is 0.279. The highest BCUT2D eigenvalue weighted by Crippen LogP contribution is 2.28. The van der Waals surface area contributed by atoms with E-state index in [4.69, 9.17) is 0 Å². The zero-order chi connectivity index (χ0) is 16.9. The maximum absolute atomic E-state index is 13.1. The van der Waals surface area contributed by atoms with Gasteiger partial charge in [-0.2, -0.15) is 0 Å². The Labute approximate surface area is 127 Å². The molecule has 0 radical (unpaired) electrons. The van der Waals surface area contributed by atoms with Crippen LogP contribution in [0.3, 0.4) is 0 Å². The normalized spacial score (nSPS) is 24.0. The van der Waals surface area contributed by atoms with Crippen molar-refractivity contribution in [3.05, 3.63) is 0 Å². The first-order valence-corrected chi connectivity index (χ1v) is 7.05. The van der Waals surface area contributed by atoms with Crippen molar-refractivity contribution in [2.75, 3.05) is 4.43 Å². The Bertz CT molecular complexity index is 293. The molecule has 0 bridgehead atoms. The number of alkyl halides is 11. The molecule has 11 heteroatoms. The molecule has 0 aromatic rings. The summed E-state index contributed by atoms with van der Waals surface area (Å²) in [5.74, 6) is 0. The van der Waals surface area contributed by atoms with Crippen molar-refractivity contribution in [3.63, 3.8) is 0 Å². The second-order valence-electron chi connectivity index (χ2n) is 4.12. The monoisotopic (exact) mass is 448 g/mol. The summed E-state index contributed by atoms with van der Waals surface area (Å²) < 4.78 is 126. The fourth-order valence-electron chi connectivity index (χ4n) is 1.30. The zero-order valence-electron chi connectivity index (χ0n) is 10.1. The Hall–Kier alpha value is 0.0300. The van der Waals surface area contributed by atoms with Gasteiger partial charge in [0.1, 0.15) is 6.17 Å². The van der Waals surface area contributed by atoms with Crippen molar-refractivity contribution in [2.24, 2.45) is 0 Å². The molecule has 0 aromatic heterocycles. The average molecular weight is 448 g/mol. The van der Waals surface area contributed by atoms with Crippen LogP contribution in [0.15, 0.2) is 0 Å². The minimum absolute atomic E-state index is 0.619. The van der Waals surface area contributed by atoms with E-state index < -0.39 is 60.2 Å².